The van der Waals surface area contributed by atoms with Gasteiger partial charge in [-0.3, -0.25) is 9.59 Å². The number of anilines is 1. The molecule has 0 bridgehead atoms. The van der Waals surface area contributed by atoms with E-state index in [4.69, 9.17) is 5.73 Å². The fourth-order valence-electron chi connectivity index (χ4n) is 5.24. The molecule has 2 heterocycles. The van der Waals surface area contributed by atoms with Crippen LogP contribution >= 0.6 is 0 Å². The fourth-order valence-corrected chi connectivity index (χ4v) is 5.24. The van der Waals surface area contributed by atoms with Crippen molar-refractivity contribution in [2.24, 2.45) is 17.6 Å². The van der Waals surface area contributed by atoms with E-state index in [9.17, 15) is 14.0 Å². The molecule has 2 aromatic rings. The minimum Gasteiger partial charge on any atom is -0.341 e. The Labute approximate surface area is 194 Å². The monoisotopic (exact) mass is 452 g/mol. The van der Waals surface area contributed by atoms with Crippen molar-refractivity contribution in [2.45, 2.75) is 37.8 Å². The van der Waals surface area contributed by atoms with Gasteiger partial charge in [0.2, 0.25) is 11.8 Å². The standard InChI is InChI=1S/C26H33FN4O2/c1-30-17-20(25(32)29-22-9-7-21(27)8-10-22)16-24(30)19-11-13-31(14-12-19)26(33)23(28)15-18-5-3-2-4-6-18/h2-10,19-20,23-24H,11-17,28H2,1H3,(H,29,32)/t20-,23+,24+/m0/s1. The van der Waals surface area contributed by atoms with Crippen LogP contribution < -0.4 is 11.1 Å². The molecule has 3 atom stereocenters. The smallest absolute Gasteiger partial charge is 0.239 e. The Bertz CT molecular complexity index is 945. The van der Waals surface area contributed by atoms with Gasteiger partial charge >= 0.3 is 0 Å². The Morgan fingerprint density at radius 2 is 1.76 bits per heavy atom. The number of benzene rings is 2. The summed E-state index contributed by atoms with van der Waals surface area (Å²) < 4.78 is 13.1. The van der Waals surface area contributed by atoms with Gasteiger partial charge in [0, 0.05) is 31.4 Å². The number of carbonyl (C=O) groups is 2. The largest absolute Gasteiger partial charge is 0.341 e. The third kappa shape index (κ3) is 5.78. The van der Waals surface area contributed by atoms with Gasteiger partial charge in [-0.2, -0.15) is 0 Å². The molecule has 2 fully saturated rings. The van der Waals surface area contributed by atoms with Crippen molar-refractivity contribution >= 4 is 17.5 Å². The van der Waals surface area contributed by atoms with Crippen molar-refractivity contribution in [2.75, 3.05) is 32.0 Å². The topological polar surface area (TPSA) is 78.7 Å². The molecule has 7 heteroatoms. The van der Waals surface area contributed by atoms with Crippen molar-refractivity contribution in [1.29, 1.82) is 0 Å². The maximum atomic E-state index is 13.1. The summed E-state index contributed by atoms with van der Waals surface area (Å²) in [6.45, 7) is 2.13. The molecule has 0 spiro atoms. The van der Waals surface area contributed by atoms with Crippen molar-refractivity contribution in [3.8, 4) is 0 Å². The minimum absolute atomic E-state index is 0.0181. The van der Waals surface area contributed by atoms with E-state index in [-0.39, 0.29) is 23.5 Å². The number of piperidine rings is 1. The molecule has 3 N–H and O–H groups in total. The lowest BCUT2D eigenvalue weighted by Gasteiger charge is -2.38. The van der Waals surface area contributed by atoms with Crippen LogP contribution in [0.4, 0.5) is 10.1 Å². The van der Waals surface area contributed by atoms with Gasteiger partial charge in [0.15, 0.2) is 0 Å². The zero-order valence-corrected chi connectivity index (χ0v) is 19.1. The molecule has 33 heavy (non-hydrogen) atoms. The van der Waals surface area contributed by atoms with Crippen molar-refractivity contribution in [3.63, 3.8) is 0 Å². The van der Waals surface area contributed by atoms with Gasteiger partial charge in [0.05, 0.1) is 12.0 Å². The normalized spacial score (nSPS) is 22.8. The van der Waals surface area contributed by atoms with Crippen LogP contribution in [0.5, 0.6) is 0 Å². The average molecular weight is 453 g/mol. The molecule has 6 nitrogen and oxygen atoms in total. The van der Waals surface area contributed by atoms with E-state index in [0.29, 0.717) is 43.7 Å². The number of carbonyl (C=O) groups excluding carboxylic acids is 2. The minimum atomic E-state index is -0.516. The van der Waals surface area contributed by atoms with Gasteiger partial charge in [-0.15, -0.1) is 0 Å². The van der Waals surface area contributed by atoms with Crippen LogP contribution in [0, 0.1) is 17.7 Å². The van der Waals surface area contributed by atoms with E-state index >= 15 is 0 Å². The summed E-state index contributed by atoms with van der Waals surface area (Å²) in [5.41, 5.74) is 7.91. The van der Waals surface area contributed by atoms with E-state index < -0.39 is 6.04 Å². The van der Waals surface area contributed by atoms with Crippen LogP contribution in [0.3, 0.4) is 0 Å². The number of nitrogens with zero attached hydrogens (tertiary/aromatic N) is 2. The van der Waals surface area contributed by atoms with E-state index in [0.717, 1.165) is 24.8 Å². The number of halogens is 1. The van der Waals surface area contributed by atoms with Crippen LogP contribution in [0.25, 0.3) is 0 Å². The first kappa shape index (κ1) is 23.4. The quantitative estimate of drug-likeness (QED) is 0.707. The van der Waals surface area contributed by atoms with E-state index in [1.807, 2.05) is 35.2 Å². The van der Waals surface area contributed by atoms with E-state index in [1.165, 1.54) is 12.1 Å². The second kappa shape index (κ2) is 10.4. The van der Waals surface area contributed by atoms with Gasteiger partial charge in [0.1, 0.15) is 5.82 Å². The molecule has 2 saturated heterocycles. The zero-order chi connectivity index (χ0) is 23.4. The summed E-state index contributed by atoms with van der Waals surface area (Å²) in [6, 6.07) is 15.5. The molecular weight excluding hydrogens is 419 g/mol. The lowest BCUT2D eigenvalue weighted by Crippen LogP contribution is -2.49. The first-order chi connectivity index (χ1) is 15.9. The zero-order valence-electron chi connectivity index (χ0n) is 19.1. The number of nitrogens with two attached hydrogens (primary N) is 1. The molecule has 2 amide bonds. The molecule has 176 valence electrons. The SMILES string of the molecule is CN1C[C@@H](C(=O)Nc2ccc(F)cc2)C[C@@H]1C1CCN(C(=O)[C@H](N)Cc2ccccc2)CC1. The molecule has 0 aliphatic carbocycles. The van der Waals surface area contributed by atoms with Crippen molar-refractivity contribution in [3.05, 3.63) is 66.0 Å². The summed E-state index contributed by atoms with van der Waals surface area (Å²) in [6.07, 6.45) is 3.20. The molecule has 0 aromatic heterocycles. The number of likely N-dealkylation sites (tertiary alicyclic amines) is 2. The third-order valence-electron chi connectivity index (χ3n) is 7.09. The third-order valence-corrected chi connectivity index (χ3v) is 7.09. The van der Waals surface area contributed by atoms with Gasteiger partial charge < -0.3 is 20.9 Å². The van der Waals surface area contributed by atoms with Gasteiger partial charge in [-0.05, 0) is 68.5 Å². The molecule has 2 aromatic carbocycles. The molecule has 4 rings (SSSR count). The number of rotatable bonds is 6. The molecule has 2 aliphatic heterocycles. The number of nitrogens with one attached hydrogen (secondary N) is 1. The van der Waals surface area contributed by atoms with E-state index in [2.05, 4.69) is 17.3 Å². The van der Waals surface area contributed by atoms with Crippen molar-refractivity contribution < 1.29 is 14.0 Å². The summed E-state index contributed by atoms with van der Waals surface area (Å²) in [4.78, 5) is 29.8. The Morgan fingerprint density at radius 1 is 1.09 bits per heavy atom. The van der Waals surface area contributed by atoms with Crippen LogP contribution in [-0.2, 0) is 16.0 Å². The predicted molar refractivity (Wildman–Crippen MR) is 127 cm³/mol. The lowest BCUT2D eigenvalue weighted by molar-refractivity contribution is -0.134. The Hall–Kier alpha value is -2.77. The van der Waals surface area contributed by atoms with Gasteiger partial charge in [0.25, 0.3) is 0 Å². The molecular formula is C26H33FN4O2. The lowest BCUT2D eigenvalue weighted by atomic mass is 9.86. The maximum absolute atomic E-state index is 13.1. The van der Waals surface area contributed by atoms with E-state index in [1.54, 1.807) is 12.1 Å². The Kier molecular flexibility index (Phi) is 7.40. The van der Waals surface area contributed by atoms with Crippen LogP contribution in [0.2, 0.25) is 0 Å². The second-order valence-corrected chi connectivity index (χ2v) is 9.39. The summed E-state index contributed by atoms with van der Waals surface area (Å²) in [5.74, 6) is 0.0422. The highest BCUT2D eigenvalue weighted by Gasteiger charge is 2.40. The summed E-state index contributed by atoms with van der Waals surface area (Å²) in [7, 11) is 2.07. The molecule has 2 aliphatic rings. The predicted octanol–water partition coefficient (Wildman–Crippen LogP) is 2.89. The first-order valence-corrected chi connectivity index (χ1v) is 11.8. The second-order valence-electron chi connectivity index (χ2n) is 9.39. The van der Waals surface area contributed by atoms with Crippen LogP contribution in [-0.4, -0.2) is 60.4 Å². The average Bonchev–Trinajstić information content (AvgIpc) is 3.22. The molecule has 0 radical (unpaired) electrons. The highest BCUT2D eigenvalue weighted by Crippen LogP contribution is 2.33. The fraction of sp³-hybridized carbons (Fsp3) is 0.462. The Balaban J connectivity index is 1.26. The number of amides is 2. The van der Waals surface area contributed by atoms with Crippen LogP contribution in [0.1, 0.15) is 24.8 Å². The number of hydrogen-bond acceptors (Lipinski definition) is 4. The first-order valence-electron chi connectivity index (χ1n) is 11.8. The highest BCUT2D eigenvalue weighted by atomic mass is 19.1. The Morgan fingerprint density at radius 3 is 2.42 bits per heavy atom. The highest BCUT2D eigenvalue weighted by molar-refractivity contribution is 5.92. The van der Waals surface area contributed by atoms with Gasteiger partial charge in [-0.25, -0.2) is 4.39 Å². The van der Waals surface area contributed by atoms with Gasteiger partial charge in [-0.1, -0.05) is 30.3 Å². The maximum Gasteiger partial charge on any atom is 0.239 e. The molecule has 0 saturated carbocycles. The summed E-state index contributed by atoms with van der Waals surface area (Å²) in [5, 5.41) is 2.91. The number of hydrogen-bond donors (Lipinski definition) is 2. The van der Waals surface area contributed by atoms with Crippen LogP contribution in [0.15, 0.2) is 54.6 Å². The summed E-state index contributed by atoms with van der Waals surface area (Å²) >= 11 is 0. The van der Waals surface area contributed by atoms with Crippen molar-refractivity contribution in [1.82, 2.24) is 9.80 Å². The molecule has 0 unspecified atom stereocenters.